The molecule has 8 heteroatoms. The first-order valence-corrected chi connectivity index (χ1v) is 11.3. The molecule has 7 atom stereocenters. The third-order valence-corrected chi connectivity index (χ3v) is 8.80. The average Bonchev–Trinajstić information content (AvgIpc) is 3.47. The lowest BCUT2D eigenvalue weighted by molar-refractivity contribution is -0.135. The Morgan fingerprint density at radius 1 is 1.23 bits per heavy atom. The first-order chi connectivity index (χ1) is 15.1. The van der Waals surface area contributed by atoms with Crippen LogP contribution in [-0.4, -0.2) is 41.4 Å². The molecule has 0 saturated heterocycles. The maximum absolute atomic E-state index is 14.9. The summed E-state index contributed by atoms with van der Waals surface area (Å²) in [6, 6.07) is 5.03. The van der Waals surface area contributed by atoms with Crippen molar-refractivity contribution >= 4 is 0 Å². The Morgan fingerprint density at radius 3 is 2.84 bits per heavy atom. The molecule has 3 heterocycles. The number of nitrogens with zero attached hydrogens (tertiary/aromatic N) is 5. The van der Waals surface area contributed by atoms with Gasteiger partial charge in [-0.25, -0.2) is 9.37 Å². The number of tetrazole rings is 1. The third-order valence-electron chi connectivity index (χ3n) is 8.80. The van der Waals surface area contributed by atoms with Crippen LogP contribution in [0.5, 0.6) is 0 Å². The van der Waals surface area contributed by atoms with Gasteiger partial charge in [-0.3, -0.25) is 0 Å². The van der Waals surface area contributed by atoms with Gasteiger partial charge in [0.15, 0.2) is 5.82 Å². The van der Waals surface area contributed by atoms with E-state index in [-0.39, 0.29) is 17.3 Å². The normalized spacial score (nSPS) is 35.9. The molecular formula is C23H25FN6O. The number of hydrogen-bond acceptors (Lipinski definition) is 5. The maximum Gasteiger partial charge on any atom is 0.178 e. The van der Waals surface area contributed by atoms with E-state index in [1.54, 1.807) is 18.6 Å². The van der Waals surface area contributed by atoms with Gasteiger partial charge in [-0.1, -0.05) is 17.3 Å². The molecule has 1 aromatic carbocycles. The van der Waals surface area contributed by atoms with E-state index in [0.29, 0.717) is 35.7 Å². The number of benzene rings is 1. The zero-order chi connectivity index (χ0) is 20.7. The van der Waals surface area contributed by atoms with E-state index in [1.807, 2.05) is 10.6 Å². The van der Waals surface area contributed by atoms with Crippen molar-refractivity contribution in [1.82, 2.24) is 30.2 Å². The van der Waals surface area contributed by atoms with Crippen LogP contribution in [0.1, 0.15) is 61.9 Å². The number of aromatic amines is 1. The van der Waals surface area contributed by atoms with Crippen molar-refractivity contribution in [3.63, 3.8) is 0 Å². The SMILES string of the molecule is OC(CC1c2c(F)cccc2-c2cncn21)C12CC3CC(C1)C(c1nn[nH]n1)[C@H](C3)C2. The van der Waals surface area contributed by atoms with Crippen molar-refractivity contribution in [3.05, 3.63) is 47.9 Å². The van der Waals surface area contributed by atoms with Gasteiger partial charge in [0.2, 0.25) is 0 Å². The molecule has 0 amide bonds. The predicted octanol–water partition coefficient (Wildman–Crippen LogP) is 3.47. The molecule has 5 aliphatic rings. The molecule has 4 bridgehead atoms. The van der Waals surface area contributed by atoms with Crippen molar-refractivity contribution in [3.8, 4) is 11.3 Å². The Hall–Kier alpha value is -2.61. The molecule has 4 aliphatic carbocycles. The quantitative estimate of drug-likeness (QED) is 0.674. The highest BCUT2D eigenvalue weighted by molar-refractivity contribution is 5.69. The molecule has 6 unspecified atom stereocenters. The molecular weight excluding hydrogens is 395 g/mol. The summed E-state index contributed by atoms with van der Waals surface area (Å²) in [5, 5.41) is 26.7. The average molecular weight is 420 g/mol. The summed E-state index contributed by atoms with van der Waals surface area (Å²) < 4.78 is 16.9. The van der Waals surface area contributed by atoms with Gasteiger partial charge in [0.25, 0.3) is 0 Å². The monoisotopic (exact) mass is 420 g/mol. The van der Waals surface area contributed by atoms with E-state index in [4.69, 9.17) is 0 Å². The van der Waals surface area contributed by atoms with E-state index >= 15 is 0 Å². The van der Waals surface area contributed by atoms with E-state index in [1.165, 1.54) is 18.9 Å². The van der Waals surface area contributed by atoms with Crippen LogP contribution in [0, 0.1) is 29.0 Å². The number of aromatic nitrogens is 6. The van der Waals surface area contributed by atoms with Crippen LogP contribution in [0.3, 0.4) is 0 Å². The van der Waals surface area contributed by atoms with E-state index in [2.05, 4.69) is 25.6 Å². The number of fused-ring (bicyclic) bond motifs is 3. The second-order valence-electron chi connectivity index (χ2n) is 10.3. The van der Waals surface area contributed by atoms with Crippen molar-refractivity contribution < 1.29 is 9.50 Å². The lowest BCUT2D eigenvalue weighted by Crippen LogP contribution is -2.55. The van der Waals surface area contributed by atoms with Crippen LogP contribution in [0.25, 0.3) is 11.3 Å². The molecule has 3 aromatic rings. The summed E-state index contributed by atoms with van der Waals surface area (Å²) in [6.07, 6.45) is 9.07. The molecule has 4 fully saturated rings. The Bertz CT molecular complexity index is 1130. The first kappa shape index (κ1) is 18.0. The van der Waals surface area contributed by atoms with Gasteiger partial charge in [0.05, 0.1) is 30.4 Å². The van der Waals surface area contributed by atoms with Crippen LogP contribution in [-0.2, 0) is 0 Å². The van der Waals surface area contributed by atoms with Crippen molar-refractivity contribution in [2.75, 3.05) is 0 Å². The Kier molecular flexibility index (Phi) is 3.61. The van der Waals surface area contributed by atoms with Crippen LogP contribution in [0.15, 0.2) is 30.7 Å². The Morgan fingerprint density at radius 2 is 2.06 bits per heavy atom. The smallest absolute Gasteiger partial charge is 0.178 e. The lowest BCUT2D eigenvalue weighted by Gasteiger charge is -2.61. The number of aliphatic hydroxyl groups is 1. The van der Waals surface area contributed by atoms with Crippen molar-refractivity contribution in [1.29, 1.82) is 0 Å². The van der Waals surface area contributed by atoms with E-state index < -0.39 is 6.10 Å². The fraction of sp³-hybridized carbons (Fsp3) is 0.565. The number of aliphatic hydroxyl groups excluding tert-OH is 1. The summed E-state index contributed by atoms with van der Waals surface area (Å²) in [5.74, 6) is 2.64. The highest BCUT2D eigenvalue weighted by Crippen LogP contribution is 2.66. The van der Waals surface area contributed by atoms with Crippen LogP contribution in [0.4, 0.5) is 4.39 Å². The summed E-state index contributed by atoms with van der Waals surface area (Å²) in [5.41, 5.74) is 2.45. The molecule has 0 spiro atoms. The molecule has 31 heavy (non-hydrogen) atoms. The van der Waals surface area contributed by atoms with Gasteiger partial charge >= 0.3 is 0 Å². The third kappa shape index (κ3) is 2.42. The standard InChI is InChI=1S/C23H25FN6O/c24-16-3-1-2-15-18-10-25-11-30(18)17(21(15)16)6-19(31)23-7-12-4-13(8-23)20(14(5-12)9-23)22-26-28-29-27-22/h1-3,10-14,17,19-20,31H,4-9H2,(H,26,27,28,29)/t12?,13-,14?,17?,19?,20?,23?/m1/s1. The largest absolute Gasteiger partial charge is 0.392 e. The van der Waals surface area contributed by atoms with Crippen LogP contribution in [0.2, 0.25) is 0 Å². The summed E-state index contributed by atoms with van der Waals surface area (Å²) in [7, 11) is 0. The van der Waals surface area contributed by atoms with Gasteiger partial charge in [0, 0.05) is 17.0 Å². The van der Waals surface area contributed by atoms with Crippen LogP contribution >= 0.6 is 0 Å². The topological polar surface area (TPSA) is 92.5 Å². The number of halogens is 1. The minimum Gasteiger partial charge on any atom is -0.392 e. The molecule has 0 radical (unpaired) electrons. The molecule has 7 nitrogen and oxygen atoms in total. The summed E-state index contributed by atoms with van der Waals surface area (Å²) in [4.78, 5) is 4.30. The van der Waals surface area contributed by atoms with Gasteiger partial charge in [-0.15, -0.1) is 10.2 Å². The number of imidazole rings is 1. The first-order valence-electron chi connectivity index (χ1n) is 11.3. The number of hydrogen-bond donors (Lipinski definition) is 2. The summed E-state index contributed by atoms with van der Waals surface area (Å²) in [6.45, 7) is 0. The number of nitrogens with one attached hydrogen (secondary N) is 1. The van der Waals surface area contributed by atoms with Gasteiger partial charge in [0.1, 0.15) is 5.82 Å². The minimum atomic E-state index is -0.474. The molecule has 160 valence electrons. The number of rotatable bonds is 4. The second-order valence-corrected chi connectivity index (χ2v) is 10.3. The maximum atomic E-state index is 14.9. The fourth-order valence-corrected chi connectivity index (χ4v) is 7.92. The lowest BCUT2D eigenvalue weighted by atomic mass is 9.44. The van der Waals surface area contributed by atoms with Gasteiger partial charge in [-0.2, -0.15) is 5.21 Å². The molecule has 1 aliphatic heterocycles. The van der Waals surface area contributed by atoms with Crippen LogP contribution < -0.4 is 0 Å². The molecule has 8 rings (SSSR count). The van der Waals surface area contributed by atoms with Gasteiger partial charge < -0.3 is 9.67 Å². The Balaban J connectivity index is 1.21. The fourth-order valence-electron chi connectivity index (χ4n) is 7.92. The second kappa shape index (κ2) is 6.22. The molecule has 2 aromatic heterocycles. The molecule has 4 saturated carbocycles. The highest BCUT2D eigenvalue weighted by Gasteiger charge is 2.59. The summed E-state index contributed by atoms with van der Waals surface area (Å²) >= 11 is 0. The van der Waals surface area contributed by atoms with E-state index in [9.17, 15) is 9.50 Å². The Labute approximate surface area is 179 Å². The number of H-pyrrole nitrogens is 1. The highest BCUT2D eigenvalue weighted by atomic mass is 19.1. The zero-order valence-electron chi connectivity index (χ0n) is 17.2. The van der Waals surface area contributed by atoms with Crippen molar-refractivity contribution in [2.45, 2.75) is 56.6 Å². The molecule has 2 N–H and O–H groups in total. The van der Waals surface area contributed by atoms with Crippen molar-refractivity contribution in [2.24, 2.45) is 23.2 Å². The minimum absolute atomic E-state index is 0.0918. The predicted molar refractivity (Wildman–Crippen MR) is 109 cm³/mol. The zero-order valence-corrected chi connectivity index (χ0v) is 17.2. The van der Waals surface area contributed by atoms with E-state index in [0.717, 1.165) is 36.3 Å². The van der Waals surface area contributed by atoms with Gasteiger partial charge in [-0.05, 0) is 67.8 Å².